The number of ketones is 1. The first kappa shape index (κ1) is 11.1. The van der Waals surface area contributed by atoms with E-state index in [0.717, 1.165) is 20.9 Å². The summed E-state index contributed by atoms with van der Waals surface area (Å²) in [5.74, 6) is 0.118. The summed E-state index contributed by atoms with van der Waals surface area (Å²) in [5, 5.41) is 8.93. The number of hydrogen-bond acceptors (Lipinski definition) is 3. The molecule has 3 heteroatoms. The van der Waals surface area contributed by atoms with E-state index in [0.29, 0.717) is 12.0 Å². The van der Waals surface area contributed by atoms with E-state index in [1.807, 2.05) is 24.3 Å². The average molecular weight is 251 g/mol. The minimum Gasteiger partial charge on any atom is -0.294 e. The van der Waals surface area contributed by atoms with Crippen molar-refractivity contribution in [1.29, 1.82) is 5.26 Å². The van der Waals surface area contributed by atoms with E-state index in [1.54, 1.807) is 30.0 Å². The minimum absolute atomic E-state index is 0.118. The molecular formula is C15H9NOS. The van der Waals surface area contributed by atoms with Crippen LogP contribution in [0.1, 0.15) is 21.5 Å². The summed E-state index contributed by atoms with van der Waals surface area (Å²) in [6.07, 6.45) is 0.433. The standard InChI is InChI=1S/C15H9NOS/c16-9-10-5-6-12-13(17)8-11-3-1-2-4-14(11)18-15(12)7-10/h1-7H,8H2. The third-order valence-electron chi connectivity index (χ3n) is 2.95. The number of nitriles is 1. The van der Waals surface area contributed by atoms with Gasteiger partial charge < -0.3 is 0 Å². The molecular weight excluding hydrogens is 242 g/mol. The first-order valence-corrected chi connectivity index (χ1v) is 6.42. The van der Waals surface area contributed by atoms with Crippen LogP contribution in [-0.4, -0.2) is 5.78 Å². The molecule has 0 amide bonds. The van der Waals surface area contributed by atoms with Gasteiger partial charge in [0.15, 0.2) is 5.78 Å². The smallest absolute Gasteiger partial charge is 0.168 e. The summed E-state index contributed by atoms with van der Waals surface area (Å²) >= 11 is 1.56. The van der Waals surface area contributed by atoms with Crippen molar-refractivity contribution in [3.8, 4) is 6.07 Å². The van der Waals surface area contributed by atoms with E-state index in [1.165, 1.54) is 0 Å². The van der Waals surface area contributed by atoms with Crippen LogP contribution in [0.4, 0.5) is 0 Å². The van der Waals surface area contributed by atoms with Gasteiger partial charge in [-0.15, -0.1) is 0 Å². The number of fused-ring (bicyclic) bond motifs is 2. The van der Waals surface area contributed by atoms with Crippen LogP contribution in [0.3, 0.4) is 0 Å². The van der Waals surface area contributed by atoms with E-state index >= 15 is 0 Å². The van der Waals surface area contributed by atoms with Crippen molar-refractivity contribution in [3.05, 3.63) is 59.2 Å². The second-order valence-corrected chi connectivity index (χ2v) is 5.22. The van der Waals surface area contributed by atoms with Gasteiger partial charge in [-0.1, -0.05) is 30.0 Å². The van der Waals surface area contributed by atoms with E-state index < -0.39 is 0 Å². The van der Waals surface area contributed by atoms with Crippen molar-refractivity contribution >= 4 is 17.5 Å². The molecule has 2 aromatic carbocycles. The lowest BCUT2D eigenvalue weighted by atomic mass is 10.0. The van der Waals surface area contributed by atoms with Crippen LogP contribution in [0.15, 0.2) is 52.3 Å². The summed E-state index contributed by atoms with van der Waals surface area (Å²) in [5.41, 5.74) is 2.37. The number of rotatable bonds is 0. The van der Waals surface area contributed by atoms with Crippen LogP contribution >= 0.6 is 11.8 Å². The summed E-state index contributed by atoms with van der Waals surface area (Å²) in [4.78, 5) is 14.1. The summed E-state index contributed by atoms with van der Waals surface area (Å²) in [6.45, 7) is 0. The molecule has 0 atom stereocenters. The molecule has 3 rings (SSSR count). The molecule has 0 radical (unpaired) electrons. The summed E-state index contributed by atoms with van der Waals surface area (Å²) < 4.78 is 0. The maximum absolute atomic E-state index is 12.2. The van der Waals surface area contributed by atoms with Crippen LogP contribution in [0.5, 0.6) is 0 Å². The number of hydrogen-bond donors (Lipinski definition) is 0. The highest BCUT2D eigenvalue weighted by atomic mass is 32.2. The first-order valence-electron chi connectivity index (χ1n) is 5.61. The molecule has 0 fully saturated rings. The predicted octanol–water partition coefficient (Wildman–Crippen LogP) is 3.45. The first-order chi connectivity index (χ1) is 8.78. The zero-order valence-electron chi connectivity index (χ0n) is 9.51. The maximum Gasteiger partial charge on any atom is 0.168 e. The van der Waals surface area contributed by atoms with Gasteiger partial charge in [0, 0.05) is 21.8 Å². The molecule has 18 heavy (non-hydrogen) atoms. The van der Waals surface area contributed by atoms with Gasteiger partial charge in [0.05, 0.1) is 11.6 Å². The Hall–Kier alpha value is -2.05. The number of carbonyl (C=O) groups is 1. The van der Waals surface area contributed by atoms with Crippen LogP contribution in [0.2, 0.25) is 0 Å². The Morgan fingerprint density at radius 3 is 2.78 bits per heavy atom. The number of Topliss-reactive ketones (excluding diaryl/α,β-unsaturated/α-hetero) is 1. The third kappa shape index (κ3) is 1.81. The van der Waals surface area contributed by atoms with E-state index in [2.05, 4.69) is 6.07 Å². The minimum atomic E-state index is 0.118. The Labute approximate surface area is 109 Å². The van der Waals surface area contributed by atoms with Crippen molar-refractivity contribution in [2.24, 2.45) is 0 Å². The van der Waals surface area contributed by atoms with Crippen LogP contribution < -0.4 is 0 Å². The Kier molecular flexibility index (Phi) is 2.66. The normalized spacial score (nSPS) is 13.2. The fourth-order valence-corrected chi connectivity index (χ4v) is 3.18. The fraction of sp³-hybridized carbons (Fsp3) is 0.0667. The fourth-order valence-electron chi connectivity index (χ4n) is 2.04. The maximum atomic E-state index is 12.2. The molecule has 86 valence electrons. The Balaban J connectivity index is 2.18. The molecule has 1 aliphatic heterocycles. The van der Waals surface area contributed by atoms with Crippen LogP contribution in [0.25, 0.3) is 0 Å². The van der Waals surface area contributed by atoms with Crippen molar-refractivity contribution < 1.29 is 4.79 Å². The van der Waals surface area contributed by atoms with Gasteiger partial charge in [0.25, 0.3) is 0 Å². The molecule has 0 spiro atoms. The van der Waals surface area contributed by atoms with E-state index in [4.69, 9.17) is 5.26 Å². The van der Waals surface area contributed by atoms with E-state index in [9.17, 15) is 4.79 Å². The highest BCUT2D eigenvalue weighted by molar-refractivity contribution is 7.99. The molecule has 2 nitrogen and oxygen atoms in total. The topological polar surface area (TPSA) is 40.9 Å². The van der Waals surface area contributed by atoms with Gasteiger partial charge in [-0.05, 0) is 29.8 Å². The molecule has 0 N–H and O–H groups in total. The van der Waals surface area contributed by atoms with Crippen molar-refractivity contribution in [3.63, 3.8) is 0 Å². The SMILES string of the molecule is N#Cc1ccc2c(c1)Sc1ccccc1CC2=O. The van der Waals surface area contributed by atoms with E-state index in [-0.39, 0.29) is 5.78 Å². The van der Waals surface area contributed by atoms with Gasteiger partial charge >= 0.3 is 0 Å². The number of benzene rings is 2. The number of carbonyl (C=O) groups excluding carboxylic acids is 1. The lowest BCUT2D eigenvalue weighted by Gasteiger charge is -2.04. The highest BCUT2D eigenvalue weighted by Crippen LogP contribution is 2.37. The molecule has 0 saturated carbocycles. The monoisotopic (exact) mass is 251 g/mol. The Morgan fingerprint density at radius 1 is 1.11 bits per heavy atom. The molecule has 1 aliphatic rings. The van der Waals surface area contributed by atoms with Crippen LogP contribution in [-0.2, 0) is 6.42 Å². The average Bonchev–Trinajstić information content (AvgIpc) is 2.54. The zero-order chi connectivity index (χ0) is 12.5. The van der Waals surface area contributed by atoms with Gasteiger partial charge in [-0.2, -0.15) is 5.26 Å². The zero-order valence-corrected chi connectivity index (χ0v) is 10.3. The lowest BCUT2D eigenvalue weighted by molar-refractivity contribution is 0.0990. The molecule has 0 aliphatic carbocycles. The molecule has 0 saturated heterocycles. The molecule has 0 unspecified atom stereocenters. The summed E-state index contributed by atoms with van der Waals surface area (Å²) in [6, 6.07) is 15.3. The Morgan fingerprint density at radius 2 is 1.94 bits per heavy atom. The van der Waals surface area contributed by atoms with Crippen molar-refractivity contribution in [1.82, 2.24) is 0 Å². The summed E-state index contributed by atoms with van der Waals surface area (Å²) in [7, 11) is 0. The number of nitrogens with zero attached hydrogens (tertiary/aromatic N) is 1. The third-order valence-corrected chi connectivity index (χ3v) is 4.13. The largest absolute Gasteiger partial charge is 0.294 e. The van der Waals surface area contributed by atoms with Gasteiger partial charge in [0.1, 0.15) is 0 Å². The van der Waals surface area contributed by atoms with Crippen LogP contribution in [0, 0.1) is 11.3 Å². The predicted molar refractivity (Wildman–Crippen MR) is 69.8 cm³/mol. The van der Waals surface area contributed by atoms with Crippen molar-refractivity contribution in [2.75, 3.05) is 0 Å². The molecule has 2 aromatic rings. The molecule has 0 bridgehead atoms. The van der Waals surface area contributed by atoms with Crippen molar-refractivity contribution in [2.45, 2.75) is 16.2 Å². The lowest BCUT2D eigenvalue weighted by Crippen LogP contribution is -2.03. The molecule has 0 aromatic heterocycles. The van der Waals surface area contributed by atoms with Gasteiger partial charge in [-0.25, -0.2) is 0 Å². The van der Waals surface area contributed by atoms with Gasteiger partial charge in [0.2, 0.25) is 0 Å². The Bertz CT molecular complexity index is 685. The highest BCUT2D eigenvalue weighted by Gasteiger charge is 2.20. The second-order valence-electron chi connectivity index (χ2n) is 4.13. The van der Waals surface area contributed by atoms with Gasteiger partial charge in [-0.3, -0.25) is 4.79 Å². The second kappa shape index (κ2) is 4.32. The molecule has 1 heterocycles. The quantitative estimate of drug-likeness (QED) is 0.720.